The van der Waals surface area contributed by atoms with Crippen LogP contribution in [0, 0.1) is 5.82 Å². The monoisotopic (exact) mass is 327 g/mol. The van der Waals surface area contributed by atoms with Crippen LogP contribution in [0.1, 0.15) is 10.4 Å². The highest BCUT2D eigenvalue weighted by Gasteiger charge is 2.19. The minimum atomic E-state index is -3.56. The van der Waals surface area contributed by atoms with E-state index in [4.69, 9.17) is 11.6 Å². The van der Waals surface area contributed by atoms with Crippen LogP contribution in [0.5, 0.6) is 0 Å². The van der Waals surface area contributed by atoms with Crippen LogP contribution in [0.3, 0.4) is 0 Å². The number of hydrogen-bond acceptors (Lipinski definition) is 3. The Morgan fingerprint density at radius 1 is 1.19 bits per heavy atom. The molecule has 0 aromatic heterocycles. The number of halogens is 2. The number of anilines is 1. The van der Waals surface area contributed by atoms with Crippen LogP contribution in [0.2, 0.25) is 5.02 Å². The van der Waals surface area contributed by atoms with E-state index in [2.05, 4.69) is 5.32 Å². The van der Waals surface area contributed by atoms with Crippen molar-refractivity contribution in [1.29, 1.82) is 0 Å². The predicted molar refractivity (Wildman–Crippen MR) is 78.9 cm³/mol. The van der Waals surface area contributed by atoms with Gasteiger partial charge in [-0.25, -0.2) is 12.8 Å². The Morgan fingerprint density at radius 2 is 1.86 bits per heavy atom. The third kappa shape index (κ3) is 3.59. The van der Waals surface area contributed by atoms with Gasteiger partial charge in [0.15, 0.2) is 9.84 Å². The van der Waals surface area contributed by atoms with Crippen LogP contribution in [-0.4, -0.2) is 20.6 Å². The van der Waals surface area contributed by atoms with Gasteiger partial charge in [0.05, 0.1) is 16.1 Å². The molecule has 0 aliphatic heterocycles. The van der Waals surface area contributed by atoms with Gasteiger partial charge in [0.25, 0.3) is 5.91 Å². The molecule has 0 saturated carbocycles. The van der Waals surface area contributed by atoms with Gasteiger partial charge in [-0.15, -0.1) is 0 Å². The molecule has 110 valence electrons. The Bertz CT molecular complexity index is 806. The zero-order valence-electron chi connectivity index (χ0n) is 10.9. The fourth-order valence-corrected chi connectivity index (χ4v) is 2.80. The molecule has 0 spiro atoms. The molecule has 0 heterocycles. The lowest BCUT2D eigenvalue weighted by molar-refractivity contribution is 0.102. The first-order chi connectivity index (χ1) is 9.79. The predicted octanol–water partition coefficient (Wildman–Crippen LogP) is 3.13. The Labute approximate surface area is 126 Å². The zero-order valence-corrected chi connectivity index (χ0v) is 12.5. The van der Waals surface area contributed by atoms with E-state index in [1.807, 2.05) is 0 Å². The van der Waals surface area contributed by atoms with E-state index in [1.165, 1.54) is 36.4 Å². The summed E-state index contributed by atoms with van der Waals surface area (Å²) in [7, 11) is -3.56. The smallest absolute Gasteiger partial charge is 0.257 e. The highest BCUT2D eigenvalue weighted by molar-refractivity contribution is 7.90. The lowest BCUT2D eigenvalue weighted by Crippen LogP contribution is -2.16. The van der Waals surface area contributed by atoms with E-state index in [0.717, 1.165) is 12.3 Å². The molecule has 0 aliphatic rings. The fraction of sp³-hybridized carbons (Fsp3) is 0.0714. The van der Waals surface area contributed by atoms with Crippen molar-refractivity contribution in [3.05, 3.63) is 58.9 Å². The molecular formula is C14H11ClFNO3S. The first-order valence-corrected chi connectivity index (χ1v) is 8.11. The number of benzene rings is 2. The van der Waals surface area contributed by atoms with Crippen molar-refractivity contribution in [1.82, 2.24) is 0 Å². The maximum atomic E-state index is 13.6. The van der Waals surface area contributed by atoms with Gasteiger partial charge in [-0.2, -0.15) is 0 Å². The molecule has 0 atom stereocenters. The first kappa shape index (κ1) is 15.5. The van der Waals surface area contributed by atoms with Gasteiger partial charge in [-0.1, -0.05) is 23.7 Å². The van der Waals surface area contributed by atoms with Gasteiger partial charge in [0.1, 0.15) is 5.82 Å². The normalized spacial score (nSPS) is 11.2. The molecule has 0 bridgehead atoms. The van der Waals surface area contributed by atoms with Crippen LogP contribution in [-0.2, 0) is 9.84 Å². The summed E-state index contributed by atoms with van der Waals surface area (Å²) in [4.78, 5) is 12.0. The molecule has 7 heteroatoms. The summed E-state index contributed by atoms with van der Waals surface area (Å²) in [5, 5.41) is 2.53. The maximum absolute atomic E-state index is 13.6. The van der Waals surface area contributed by atoms with Crippen LogP contribution in [0.15, 0.2) is 47.4 Å². The molecule has 0 unspecified atom stereocenters. The standard InChI is InChI=1S/C14H11ClFNO3S/c1-21(19,20)13-5-3-2-4-10(13)14(18)17-12-7-6-9(15)8-11(12)16/h2-8H,1H3,(H,17,18). The lowest BCUT2D eigenvalue weighted by atomic mass is 10.2. The highest BCUT2D eigenvalue weighted by atomic mass is 35.5. The van der Waals surface area contributed by atoms with E-state index < -0.39 is 21.6 Å². The van der Waals surface area contributed by atoms with Crippen molar-refractivity contribution in [2.75, 3.05) is 11.6 Å². The molecule has 21 heavy (non-hydrogen) atoms. The van der Waals surface area contributed by atoms with Crippen LogP contribution < -0.4 is 5.32 Å². The number of carbonyl (C=O) groups is 1. The van der Waals surface area contributed by atoms with Gasteiger partial charge in [-0.3, -0.25) is 4.79 Å². The number of carbonyl (C=O) groups excluding carboxylic acids is 1. The van der Waals surface area contributed by atoms with Crippen molar-refractivity contribution >= 4 is 33.0 Å². The highest BCUT2D eigenvalue weighted by Crippen LogP contribution is 2.21. The summed E-state index contributed by atoms with van der Waals surface area (Å²) in [6, 6.07) is 9.50. The molecule has 0 fully saturated rings. The average Bonchev–Trinajstić information content (AvgIpc) is 2.41. The van der Waals surface area contributed by atoms with Crippen LogP contribution in [0.4, 0.5) is 10.1 Å². The van der Waals surface area contributed by atoms with Crippen LogP contribution in [0.25, 0.3) is 0 Å². The van der Waals surface area contributed by atoms with Gasteiger partial charge < -0.3 is 5.32 Å². The summed E-state index contributed by atoms with van der Waals surface area (Å²) in [6.07, 6.45) is 1.00. The van der Waals surface area contributed by atoms with Crippen molar-refractivity contribution in [2.45, 2.75) is 4.90 Å². The number of nitrogens with one attached hydrogen (secondary N) is 1. The Morgan fingerprint density at radius 3 is 2.48 bits per heavy atom. The summed E-state index contributed by atoms with van der Waals surface area (Å²) >= 11 is 5.62. The van der Waals surface area contributed by atoms with Gasteiger partial charge in [-0.05, 0) is 30.3 Å². The van der Waals surface area contributed by atoms with Crippen molar-refractivity contribution in [2.24, 2.45) is 0 Å². The average molecular weight is 328 g/mol. The number of sulfone groups is 1. The molecule has 2 rings (SSSR count). The molecule has 0 saturated heterocycles. The minimum absolute atomic E-state index is 0.0469. The third-order valence-corrected chi connectivity index (χ3v) is 4.10. The Hall–Kier alpha value is -1.92. The molecule has 2 aromatic carbocycles. The summed E-state index contributed by atoms with van der Waals surface area (Å²) < 4.78 is 36.9. The largest absolute Gasteiger partial charge is 0.319 e. The Kier molecular flexibility index (Phi) is 4.29. The molecule has 4 nitrogen and oxygen atoms in total. The van der Waals surface area contributed by atoms with E-state index in [1.54, 1.807) is 0 Å². The number of rotatable bonds is 3. The maximum Gasteiger partial charge on any atom is 0.257 e. The number of amides is 1. The van der Waals surface area contributed by atoms with Crippen molar-refractivity contribution in [3.63, 3.8) is 0 Å². The second-order valence-electron chi connectivity index (χ2n) is 4.35. The second kappa shape index (κ2) is 5.83. The lowest BCUT2D eigenvalue weighted by Gasteiger charge is -2.09. The van der Waals surface area contributed by atoms with E-state index in [0.29, 0.717) is 0 Å². The zero-order chi connectivity index (χ0) is 15.6. The fourth-order valence-electron chi connectivity index (χ4n) is 1.76. The summed E-state index contributed by atoms with van der Waals surface area (Å²) in [5.74, 6) is -1.41. The molecule has 2 aromatic rings. The molecule has 0 radical (unpaired) electrons. The minimum Gasteiger partial charge on any atom is -0.319 e. The van der Waals surface area contributed by atoms with E-state index >= 15 is 0 Å². The van der Waals surface area contributed by atoms with E-state index in [-0.39, 0.29) is 21.2 Å². The quantitative estimate of drug-likeness (QED) is 0.942. The Balaban J connectivity index is 2.38. The van der Waals surface area contributed by atoms with Crippen LogP contribution >= 0.6 is 11.6 Å². The van der Waals surface area contributed by atoms with Crippen molar-refractivity contribution in [3.8, 4) is 0 Å². The number of hydrogen-bond donors (Lipinski definition) is 1. The topological polar surface area (TPSA) is 63.2 Å². The molecule has 0 aliphatic carbocycles. The second-order valence-corrected chi connectivity index (χ2v) is 6.77. The van der Waals surface area contributed by atoms with Crippen molar-refractivity contribution < 1.29 is 17.6 Å². The first-order valence-electron chi connectivity index (χ1n) is 5.84. The van der Waals surface area contributed by atoms with Gasteiger partial charge >= 0.3 is 0 Å². The SMILES string of the molecule is CS(=O)(=O)c1ccccc1C(=O)Nc1ccc(Cl)cc1F. The van der Waals surface area contributed by atoms with E-state index in [9.17, 15) is 17.6 Å². The summed E-state index contributed by atoms with van der Waals surface area (Å²) in [5.41, 5.74) is -0.123. The third-order valence-electron chi connectivity index (χ3n) is 2.71. The van der Waals surface area contributed by atoms with Gasteiger partial charge in [0.2, 0.25) is 0 Å². The summed E-state index contributed by atoms with van der Waals surface area (Å²) in [6.45, 7) is 0. The molecule has 1 amide bonds. The molecule has 1 N–H and O–H groups in total. The molecular weight excluding hydrogens is 317 g/mol. The van der Waals surface area contributed by atoms with Gasteiger partial charge in [0, 0.05) is 11.3 Å².